The maximum absolute atomic E-state index is 13.5. The molecule has 0 aliphatic carbocycles. The van der Waals surface area contributed by atoms with Crippen molar-refractivity contribution in [2.75, 3.05) is 12.8 Å². The standard InChI is InChI=1S/C26H32N4O7S/c1-26(2,3)22(29-23(33)19-10-9-16-7-5-6-8-18(16)28-19)25(35)30-13-11-20(30)24(34)27-17(15-21(31)32)12-14-38(4,36)37/h5-10,12,14,17,20,22H,11,13,15H2,1-4H3,(H,27,34)(H,29,33)(H,31,32)/b14-12+/t17-,20-,22-/m1/s1. The third-order valence-corrected chi connectivity index (χ3v) is 6.76. The monoisotopic (exact) mass is 544 g/mol. The summed E-state index contributed by atoms with van der Waals surface area (Å²) in [7, 11) is -3.54. The van der Waals surface area contributed by atoms with Crippen LogP contribution in [0.5, 0.6) is 0 Å². The van der Waals surface area contributed by atoms with Crippen LogP contribution in [-0.4, -0.2) is 78.0 Å². The largest absolute Gasteiger partial charge is 0.481 e. The maximum atomic E-state index is 13.5. The topological polar surface area (TPSA) is 163 Å². The highest BCUT2D eigenvalue weighted by molar-refractivity contribution is 7.93. The SMILES string of the molecule is CC(C)(C)[C@H](NC(=O)c1ccc2ccccc2n1)C(=O)N1CC[C@@H]1C(=O)N[C@H](/C=C/S(C)(=O)=O)CC(=O)O. The molecule has 0 bridgehead atoms. The number of carbonyl (C=O) groups excluding carboxylic acids is 3. The number of amides is 3. The first kappa shape index (κ1) is 28.8. The van der Waals surface area contributed by atoms with E-state index in [0.29, 0.717) is 11.9 Å². The lowest BCUT2D eigenvalue weighted by atomic mass is 9.84. The number of fused-ring (bicyclic) bond motifs is 1. The lowest BCUT2D eigenvalue weighted by Gasteiger charge is -2.44. The van der Waals surface area contributed by atoms with Crippen molar-refractivity contribution in [3.05, 3.63) is 53.6 Å². The molecule has 12 heteroatoms. The second kappa shape index (κ2) is 11.3. The van der Waals surface area contributed by atoms with Crippen LogP contribution in [-0.2, 0) is 24.2 Å². The third kappa shape index (κ3) is 7.37. The Morgan fingerprint density at radius 2 is 1.82 bits per heavy atom. The van der Waals surface area contributed by atoms with Crippen LogP contribution in [0.4, 0.5) is 0 Å². The molecule has 0 radical (unpaired) electrons. The Hall–Kier alpha value is -3.80. The number of para-hydroxylation sites is 1. The second-order valence-electron chi connectivity index (χ2n) is 10.4. The van der Waals surface area contributed by atoms with Gasteiger partial charge in [-0.15, -0.1) is 0 Å². The number of hydrogen-bond acceptors (Lipinski definition) is 7. The minimum absolute atomic E-state index is 0.151. The zero-order valence-corrected chi connectivity index (χ0v) is 22.5. The van der Waals surface area contributed by atoms with Crippen molar-refractivity contribution in [1.82, 2.24) is 20.5 Å². The van der Waals surface area contributed by atoms with Crippen LogP contribution in [0.15, 0.2) is 47.9 Å². The number of aromatic nitrogens is 1. The molecule has 11 nitrogen and oxygen atoms in total. The number of pyridine rings is 1. The van der Waals surface area contributed by atoms with Gasteiger partial charge in [-0.2, -0.15) is 0 Å². The molecule has 1 aromatic heterocycles. The van der Waals surface area contributed by atoms with Crippen molar-refractivity contribution in [2.24, 2.45) is 5.41 Å². The summed E-state index contributed by atoms with van der Waals surface area (Å²) in [5.74, 6) is -2.82. The molecule has 1 fully saturated rings. The average molecular weight is 545 g/mol. The summed E-state index contributed by atoms with van der Waals surface area (Å²) in [5.41, 5.74) is 0.0847. The third-order valence-electron chi connectivity index (χ3n) is 6.11. The molecule has 1 aliphatic rings. The van der Waals surface area contributed by atoms with Crippen molar-refractivity contribution < 1.29 is 32.7 Å². The quantitative estimate of drug-likeness (QED) is 0.428. The lowest BCUT2D eigenvalue weighted by molar-refractivity contribution is -0.151. The van der Waals surface area contributed by atoms with Crippen molar-refractivity contribution in [3.63, 3.8) is 0 Å². The number of carboxylic acid groups (broad SMARTS) is 1. The number of rotatable bonds is 9. The van der Waals surface area contributed by atoms with Gasteiger partial charge in [0.2, 0.25) is 11.8 Å². The van der Waals surface area contributed by atoms with Crippen LogP contribution in [0.2, 0.25) is 0 Å². The van der Waals surface area contributed by atoms with E-state index in [0.717, 1.165) is 23.1 Å². The van der Waals surface area contributed by atoms with Gasteiger partial charge in [-0.25, -0.2) is 13.4 Å². The van der Waals surface area contributed by atoms with E-state index in [1.807, 2.05) is 18.2 Å². The zero-order chi connectivity index (χ0) is 28.3. The highest BCUT2D eigenvalue weighted by Crippen LogP contribution is 2.27. The Morgan fingerprint density at radius 1 is 1.13 bits per heavy atom. The van der Waals surface area contributed by atoms with E-state index in [4.69, 9.17) is 5.11 Å². The molecular formula is C26H32N4O7S. The summed E-state index contributed by atoms with van der Waals surface area (Å²) < 4.78 is 22.9. The summed E-state index contributed by atoms with van der Waals surface area (Å²) >= 11 is 0. The normalized spacial score (nSPS) is 17.5. The molecule has 3 rings (SSSR count). The van der Waals surface area contributed by atoms with Gasteiger partial charge in [0, 0.05) is 23.6 Å². The molecule has 3 atom stereocenters. The van der Waals surface area contributed by atoms with E-state index in [2.05, 4.69) is 15.6 Å². The van der Waals surface area contributed by atoms with Crippen LogP contribution >= 0.6 is 0 Å². The minimum atomic E-state index is -3.54. The molecule has 1 aliphatic heterocycles. The van der Waals surface area contributed by atoms with Crippen molar-refractivity contribution in [2.45, 2.75) is 51.7 Å². The van der Waals surface area contributed by atoms with Crippen LogP contribution < -0.4 is 10.6 Å². The van der Waals surface area contributed by atoms with Gasteiger partial charge < -0.3 is 20.6 Å². The predicted molar refractivity (Wildman–Crippen MR) is 141 cm³/mol. The van der Waals surface area contributed by atoms with Gasteiger partial charge >= 0.3 is 5.97 Å². The Balaban J connectivity index is 1.75. The van der Waals surface area contributed by atoms with E-state index in [1.54, 1.807) is 39.0 Å². The first-order chi connectivity index (χ1) is 17.7. The van der Waals surface area contributed by atoms with Gasteiger partial charge in [0.05, 0.1) is 18.0 Å². The summed E-state index contributed by atoms with van der Waals surface area (Å²) in [6.07, 6.45) is 1.85. The van der Waals surface area contributed by atoms with E-state index < -0.39 is 63.5 Å². The number of sulfone groups is 1. The fourth-order valence-corrected chi connectivity index (χ4v) is 4.48. The number of carboxylic acids is 1. The van der Waals surface area contributed by atoms with Crippen LogP contribution in [0, 0.1) is 5.41 Å². The highest BCUT2D eigenvalue weighted by atomic mass is 32.2. The van der Waals surface area contributed by atoms with Crippen LogP contribution in [0.3, 0.4) is 0 Å². The van der Waals surface area contributed by atoms with Crippen molar-refractivity contribution >= 4 is 44.4 Å². The number of hydrogen-bond donors (Lipinski definition) is 3. The maximum Gasteiger partial charge on any atom is 0.305 e. The molecule has 3 N–H and O–H groups in total. The smallest absolute Gasteiger partial charge is 0.305 e. The van der Waals surface area contributed by atoms with E-state index in [-0.39, 0.29) is 12.2 Å². The molecule has 0 unspecified atom stereocenters. The van der Waals surface area contributed by atoms with E-state index >= 15 is 0 Å². The van der Waals surface area contributed by atoms with E-state index in [9.17, 15) is 27.6 Å². The first-order valence-corrected chi connectivity index (χ1v) is 14.0. The molecule has 1 aromatic carbocycles. The number of benzene rings is 1. The predicted octanol–water partition coefficient (Wildman–Crippen LogP) is 1.50. The van der Waals surface area contributed by atoms with Crippen LogP contribution in [0.1, 0.15) is 44.1 Å². The Morgan fingerprint density at radius 3 is 2.39 bits per heavy atom. The Kier molecular flexibility index (Phi) is 8.55. The molecule has 2 heterocycles. The van der Waals surface area contributed by atoms with Gasteiger partial charge in [0.1, 0.15) is 17.8 Å². The van der Waals surface area contributed by atoms with Gasteiger partial charge in [-0.1, -0.05) is 51.1 Å². The fourth-order valence-electron chi connectivity index (χ4n) is 4.01. The van der Waals surface area contributed by atoms with Crippen molar-refractivity contribution in [1.29, 1.82) is 0 Å². The number of likely N-dealkylation sites (tertiary alicyclic amines) is 1. The summed E-state index contributed by atoms with van der Waals surface area (Å²) in [4.78, 5) is 56.4. The molecule has 0 saturated carbocycles. The number of carbonyl (C=O) groups is 4. The molecule has 3 amide bonds. The van der Waals surface area contributed by atoms with Gasteiger partial charge in [0.15, 0.2) is 9.84 Å². The summed E-state index contributed by atoms with van der Waals surface area (Å²) in [6, 6.07) is 7.74. The molecule has 38 heavy (non-hydrogen) atoms. The molecule has 1 saturated heterocycles. The Labute approximate surface area is 221 Å². The van der Waals surface area contributed by atoms with Gasteiger partial charge in [-0.3, -0.25) is 19.2 Å². The Bertz CT molecular complexity index is 1380. The summed E-state index contributed by atoms with van der Waals surface area (Å²) in [5, 5.41) is 16.1. The minimum Gasteiger partial charge on any atom is -0.481 e. The van der Waals surface area contributed by atoms with Crippen molar-refractivity contribution in [3.8, 4) is 0 Å². The number of aliphatic carboxylic acids is 1. The first-order valence-electron chi connectivity index (χ1n) is 12.0. The van der Waals surface area contributed by atoms with Crippen LogP contribution in [0.25, 0.3) is 10.9 Å². The van der Waals surface area contributed by atoms with Gasteiger partial charge in [0.25, 0.3) is 5.91 Å². The molecular weight excluding hydrogens is 512 g/mol. The average Bonchev–Trinajstić information content (AvgIpc) is 2.78. The molecule has 0 spiro atoms. The molecule has 204 valence electrons. The highest BCUT2D eigenvalue weighted by Gasteiger charge is 2.44. The number of nitrogens with zero attached hydrogens (tertiary/aromatic N) is 2. The zero-order valence-electron chi connectivity index (χ0n) is 21.7. The second-order valence-corrected chi connectivity index (χ2v) is 12.3. The summed E-state index contributed by atoms with van der Waals surface area (Å²) in [6.45, 7) is 5.64. The van der Waals surface area contributed by atoms with E-state index in [1.165, 1.54) is 4.90 Å². The van der Waals surface area contributed by atoms with Gasteiger partial charge in [-0.05, 0) is 24.0 Å². The molecule has 2 aromatic rings. The lowest BCUT2D eigenvalue weighted by Crippen LogP contribution is -2.65. The fraction of sp³-hybridized carbons (Fsp3) is 0.423. The number of nitrogens with one attached hydrogen (secondary N) is 2.